The third-order valence-electron chi connectivity index (χ3n) is 5.85. The zero-order chi connectivity index (χ0) is 23.8. The van der Waals surface area contributed by atoms with Gasteiger partial charge in [-0.15, -0.1) is 0 Å². The number of amides is 1. The van der Waals surface area contributed by atoms with Gasteiger partial charge in [-0.05, 0) is 61.6 Å². The smallest absolute Gasteiger partial charge is 0.227 e. The van der Waals surface area contributed by atoms with E-state index < -0.39 is 6.10 Å². The minimum Gasteiger partial charge on any atom is -0.508 e. The molecule has 0 radical (unpaired) electrons. The molecule has 4 N–H and O–H groups in total. The van der Waals surface area contributed by atoms with Crippen molar-refractivity contribution in [1.82, 2.24) is 10.6 Å². The lowest BCUT2D eigenvalue weighted by molar-refractivity contribution is -0.122. The molecule has 174 valence electrons. The first kappa shape index (κ1) is 24.5. The second kappa shape index (κ2) is 11.1. The number of aliphatic hydroxyl groups is 1. The number of carbonyl (C=O) groups excluding carboxylic acids is 1. The summed E-state index contributed by atoms with van der Waals surface area (Å²) in [5.41, 5.74) is 3.70. The number of hydrogen-bond acceptors (Lipinski definition) is 4. The molecule has 0 aliphatic heterocycles. The zero-order valence-corrected chi connectivity index (χ0v) is 19.6. The Bertz CT molecular complexity index is 1030. The summed E-state index contributed by atoms with van der Waals surface area (Å²) < 4.78 is 0. The number of nitrogens with one attached hydrogen (secondary N) is 2. The van der Waals surface area contributed by atoms with Gasteiger partial charge in [-0.25, -0.2) is 0 Å². The molecule has 0 saturated heterocycles. The molecular weight excluding hydrogens is 412 g/mol. The Hall–Kier alpha value is -3.15. The number of β-amino-alcohol motifs (C(OH)–C–C–N with tert-alkyl or cyclic N) is 1. The molecule has 0 aliphatic rings. The van der Waals surface area contributed by atoms with Crippen LogP contribution in [0.4, 0.5) is 0 Å². The highest BCUT2D eigenvalue weighted by molar-refractivity contribution is 5.83. The lowest BCUT2D eigenvalue weighted by Crippen LogP contribution is -2.43. The maximum atomic E-state index is 12.7. The summed E-state index contributed by atoms with van der Waals surface area (Å²) in [5, 5.41) is 26.3. The van der Waals surface area contributed by atoms with E-state index in [0.717, 1.165) is 28.7 Å². The zero-order valence-electron chi connectivity index (χ0n) is 19.6. The first-order valence-corrected chi connectivity index (χ1v) is 11.4. The molecule has 2 unspecified atom stereocenters. The molecule has 0 fully saturated rings. The second-order valence-electron chi connectivity index (χ2n) is 9.22. The molecule has 5 nitrogen and oxygen atoms in total. The van der Waals surface area contributed by atoms with Gasteiger partial charge in [0, 0.05) is 18.6 Å². The van der Waals surface area contributed by atoms with E-state index in [-0.39, 0.29) is 23.1 Å². The van der Waals surface area contributed by atoms with Gasteiger partial charge in [0.2, 0.25) is 5.91 Å². The molecule has 2 atom stereocenters. The largest absolute Gasteiger partial charge is 0.508 e. The lowest BCUT2D eigenvalue weighted by Gasteiger charge is -2.28. The number of benzene rings is 3. The Kier molecular flexibility index (Phi) is 8.26. The average Bonchev–Trinajstić information content (AvgIpc) is 2.81. The van der Waals surface area contributed by atoms with E-state index in [1.165, 1.54) is 0 Å². The normalized spacial score (nSPS) is 13.3. The molecule has 0 saturated carbocycles. The number of hydrogen-bond donors (Lipinski definition) is 4. The van der Waals surface area contributed by atoms with Gasteiger partial charge < -0.3 is 20.8 Å². The standard InChI is InChI=1S/C28H34N2O3/c1-20(27(33)29-18-21-8-5-4-6-9-21)24-11-7-10-22(16-24)17-28(2,3)30-19-26(32)23-12-14-25(31)15-13-23/h4-16,20,26,30-32H,17-19H2,1-3H3,(H,29,33). The number of aromatic hydroxyl groups is 1. The Balaban J connectivity index is 1.56. The van der Waals surface area contributed by atoms with Gasteiger partial charge >= 0.3 is 0 Å². The maximum absolute atomic E-state index is 12.7. The number of carbonyl (C=O) groups is 1. The quantitative estimate of drug-likeness (QED) is 0.371. The van der Waals surface area contributed by atoms with Gasteiger partial charge in [0.05, 0.1) is 12.0 Å². The van der Waals surface area contributed by atoms with Crippen molar-refractivity contribution in [3.05, 3.63) is 101 Å². The molecule has 3 aromatic rings. The minimum absolute atomic E-state index is 0.00501. The van der Waals surface area contributed by atoms with E-state index >= 15 is 0 Å². The summed E-state index contributed by atoms with van der Waals surface area (Å²) in [6, 6.07) is 24.6. The number of phenols is 1. The van der Waals surface area contributed by atoms with Crippen LogP contribution in [0.3, 0.4) is 0 Å². The van der Waals surface area contributed by atoms with Gasteiger partial charge in [-0.2, -0.15) is 0 Å². The van der Waals surface area contributed by atoms with E-state index in [2.05, 4.69) is 36.6 Å². The van der Waals surface area contributed by atoms with Crippen LogP contribution in [0, 0.1) is 0 Å². The van der Waals surface area contributed by atoms with Crippen LogP contribution in [0.5, 0.6) is 5.75 Å². The Morgan fingerprint density at radius 1 is 0.909 bits per heavy atom. The summed E-state index contributed by atoms with van der Waals surface area (Å²) >= 11 is 0. The van der Waals surface area contributed by atoms with Crippen molar-refractivity contribution in [1.29, 1.82) is 0 Å². The van der Waals surface area contributed by atoms with Crippen molar-refractivity contribution in [2.45, 2.75) is 51.3 Å². The predicted molar refractivity (Wildman–Crippen MR) is 132 cm³/mol. The molecule has 3 aromatic carbocycles. The number of rotatable bonds is 10. The van der Waals surface area contributed by atoms with E-state index in [9.17, 15) is 15.0 Å². The van der Waals surface area contributed by atoms with Crippen LogP contribution in [-0.4, -0.2) is 28.2 Å². The van der Waals surface area contributed by atoms with Crippen LogP contribution in [-0.2, 0) is 17.8 Å². The summed E-state index contributed by atoms with van der Waals surface area (Å²) in [6.07, 6.45) is 0.0890. The Labute approximate surface area is 196 Å². The molecular formula is C28H34N2O3. The molecule has 0 heterocycles. The maximum Gasteiger partial charge on any atom is 0.227 e. The SMILES string of the molecule is CC(C(=O)NCc1ccccc1)c1cccc(CC(C)(C)NCC(O)c2ccc(O)cc2)c1. The number of phenolic OH excluding ortho intramolecular Hbond substituents is 1. The third-order valence-corrected chi connectivity index (χ3v) is 5.85. The van der Waals surface area contributed by atoms with Crippen LogP contribution >= 0.6 is 0 Å². The van der Waals surface area contributed by atoms with Gasteiger partial charge in [0.1, 0.15) is 5.75 Å². The van der Waals surface area contributed by atoms with Gasteiger partial charge in [0.25, 0.3) is 0 Å². The summed E-state index contributed by atoms with van der Waals surface area (Å²) in [7, 11) is 0. The molecule has 0 spiro atoms. The Morgan fingerprint density at radius 3 is 2.27 bits per heavy atom. The molecule has 0 bridgehead atoms. The van der Waals surface area contributed by atoms with Crippen LogP contribution in [0.15, 0.2) is 78.9 Å². The Morgan fingerprint density at radius 2 is 1.58 bits per heavy atom. The average molecular weight is 447 g/mol. The predicted octanol–water partition coefficient (Wildman–Crippen LogP) is 4.46. The van der Waals surface area contributed by atoms with Crippen LogP contribution in [0.2, 0.25) is 0 Å². The molecule has 5 heteroatoms. The van der Waals surface area contributed by atoms with Crippen LogP contribution in [0.25, 0.3) is 0 Å². The van der Waals surface area contributed by atoms with E-state index in [1.807, 2.05) is 49.4 Å². The third kappa shape index (κ3) is 7.45. The fourth-order valence-corrected chi connectivity index (χ4v) is 3.82. The second-order valence-corrected chi connectivity index (χ2v) is 9.22. The molecule has 0 aliphatic carbocycles. The van der Waals surface area contributed by atoms with E-state index in [4.69, 9.17) is 0 Å². The highest BCUT2D eigenvalue weighted by atomic mass is 16.3. The van der Waals surface area contributed by atoms with Crippen molar-refractivity contribution in [3.8, 4) is 5.75 Å². The van der Waals surface area contributed by atoms with Gasteiger partial charge in [0.15, 0.2) is 0 Å². The van der Waals surface area contributed by atoms with E-state index in [1.54, 1.807) is 24.3 Å². The van der Waals surface area contributed by atoms with Crippen molar-refractivity contribution in [2.24, 2.45) is 0 Å². The van der Waals surface area contributed by atoms with Crippen molar-refractivity contribution in [3.63, 3.8) is 0 Å². The molecule has 1 amide bonds. The summed E-state index contributed by atoms with van der Waals surface area (Å²) in [5.74, 6) is -0.0615. The van der Waals surface area contributed by atoms with Gasteiger partial charge in [-0.3, -0.25) is 4.79 Å². The first-order valence-electron chi connectivity index (χ1n) is 11.4. The topological polar surface area (TPSA) is 81.6 Å². The lowest BCUT2D eigenvalue weighted by atomic mass is 9.91. The number of aliphatic hydroxyl groups excluding tert-OH is 1. The molecule has 0 aromatic heterocycles. The fourth-order valence-electron chi connectivity index (χ4n) is 3.82. The first-order chi connectivity index (χ1) is 15.7. The summed E-state index contributed by atoms with van der Waals surface area (Å²) in [4.78, 5) is 12.7. The molecule has 33 heavy (non-hydrogen) atoms. The van der Waals surface area contributed by atoms with E-state index in [0.29, 0.717) is 13.1 Å². The fraction of sp³-hybridized carbons (Fsp3) is 0.321. The van der Waals surface area contributed by atoms with Crippen LogP contribution < -0.4 is 10.6 Å². The highest BCUT2D eigenvalue weighted by Crippen LogP contribution is 2.22. The van der Waals surface area contributed by atoms with Crippen LogP contribution in [0.1, 0.15) is 55.0 Å². The van der Waals surface area contributed by atoms with Crippen molar-refractivity contribution >= 4 is 5.91 Å². The molecule has 3 rings (SSSR count). The van der Waals surface area contributed by atoms with Crippen molar-refractivity contribution < 1.29 is 15.0 Å². The monoisotopic (exact) mass is 446 g/mol. The van der Waals surface area contributed by atoms with Crippen molar-refractivity contribution in [2.75, 3.05) is 6.54 Å². The highest BCUT2D eigenvalue weighted by Gasteiger charge is 2.21. The minimum atomic E-state index is -0.662. The summed E-state index contributed by atoms with van der Waals surface area (Å²) in [6.45, 7) is 7.04. The van der Waals surface area contributed by atoms with Gasteiger partial charge in [-0.1, -0.05) is 66.7 Å².